The number of anilines is 3. The molecule has 9 nitrogen and oxygen atoms in total. The second-order valence-electron chi connectivity index (χ2n) is 9.04. The summed E-state index contributed by atoms with van der Waals surface area (Å²) in [5.74, 6) is -0.231. The molecule has 1 saturated carbocycles. The number of hydrogen-bond acceptors (Lipinski definition) is 6. The molecule has 1 fully saturated rings. The number of hydrogen-bond donors (Lipinski definition) is 3. The molecule has 0 radical (unpaired) electrons. The summed E-state index contributed by atoms with van der Waals surface area (Å²) in [7, 11) is -4.81. The highest BCUT2D eigenvalue weighted by Gasteiger charge is 2.33. The summed E-state index contributed by atoms with van der Waals surface area (Å²) in [4.78, 5) is 22.2. The smallest absolute Gasteiger partial charge is 0.327 e. The Morgan fingerprint density at radius 2 is 1.78 bits per heavy atom. The molecule has 3 rings (SSSR count). The Morgan fingerprint density at radius 1 is 1.19 bits per heavy atom. The van der Waals surface area contributed by atoms with Gasteiger partial charge < -0.3 is 11.1 Å². The number of carbonyl (C=O) groups excluding carboxylic acids is 1. The molecule has 0 aliphatic heterocycles. The highest BCUT2D eigenvalue weighted by molar-refractivity contribution is 7.86. The summed E-state index contributed by atoms with van der Waals surface area (Å²) in [6.07, 6.45) is 3.73. The molecule has 2 amide bonds. The van der Waals surface area contributed by atoms with Gasteiger partial charge in [0.2, 0.25) is 0 Å². The van der Waals surface area contributed by atoms with E-state index in [1.807, 2.05) is 12.1 Å². The maximum atomic E-state index is 13.1. The number of amides is 2. The van der Waals surface area contributed by atoms with Gasteiger partial charge in [-0.3, -0.25) is 4.55 Å². The normalized spacial score (nSPS) is 15.0. The molecule has 0 saturated heterocycles. The second kappa shape index (κ2) is 9.03. The van der Waals surface area contributed by atoms with E-state index >= 15 is 0 Å². The van der Waals surface area contributed by atoms with Gasteiger partial charge in [0, 0.05) is 12.5 Å². The lowest BCUT2D eigenvalue weighted by molar-refractivity contribution is 0.249. The summed E-state index contributed by atoms with van der Waals surface area (Å²) in [5.41, 5.74) is 7.33. The summed E-state index contributed by atoms with van der Waals surface area (Å²) >= 11 is 0. The van der Waals surface area contributed by atoms with Crippen molar-refractivity contribution in [2.75, 3.05) is 17.2 Å². The SMILES string of the molecule is CCNC(=O)N(c1ccc(C(C)(C)C)cc1)c1nc(C2CCCC2)nc(N)c1S(=O)(=O)O. The third-order valence-electron chi connectivity index (χ3n) is 5.60. The van der Waals surface area contributed by atoms with Crippen molar-refractivity contribution in [1.29, 1.82) is 0 Å². The number of aromatic nitrogens is 2. The van der Waals surface area contributed by atoms with E-state index in [9.17, 15) is 17.8 Å². The predicted molar refractivity (Wildman–Crippen MR) is 124 cm³/mol. The van der Waals surface area contributed by atoms with Crippen LogP contribution in [-0.2, 0) is 15.5 Å². The Hall–Kier alpha value is -2.72. The molecule has 174 valence electrons. The molecule has 10 heteroatoms. The largest absolute Gasteiger partial charge is 0.382 e. The van der Waals surface area contributed by atoms with Gasteiger partial charge in [-0.05, 0) is 42.9 Å². The molecule has 0 unspecified atom stereocenters. The van der Waals surface area contributed by atoms with E-state index in [1.165, 1.54) is 0 Å². The topological polar surface area (TPSA) is 139 Å². The Balaban J connectivity index is 2.24. The number of nitrogens with one attached hydrogen (secondary N) is 1. The monoisotopic (exact) mass is 461 g/mol. The third-order valence-corrected chi connectivity index (χ3v) is 6.51. The van der Waals surface area contributed by atoms with Crippen LogP contribution in [0.1, 0.15) is 70.7 Å². The molecular weight excluding hydrogens is 430 g/mol. The minimum atomic E-state index is -4.81. The maximum absolute atomic E-state index is 13.1. The molecule has 1 aromatic heterocycles. The van der Waals surface area contributed by atoms with Gasteiger partial charge >= 0.3 is 16.1 Å². The number of benzene rings is 1. The Kier molecular flexibility index (Phi) is 6.75. The number of nitrogen functional groups attached to an aromatic ring is 1. The van der Waals surface area contributed by atoms with Gasteiger partial charge in [0.15, 0.2) is 16.5 Å². The number of nitrogens with zero attached hydrogens (tertiary/aromatic N) is 3. The molecule has 2 aromatic rings. The second-order valence-corrected chi connectivity index (χ2v) is 10.4. The van der Waals surface area contributed by atoms with Crippen LogP contribution in [0.25, 0.3) is 0 Å². The van der Waals surface area contributed by atoms with Gasteiger partial charge in [0.05, 0.1) is 5.69 Å². The first-order valence-electron chi connectivity index (χ1n) is 10.8. The van der Waals surface area contributed by atoms with Crippen LogP contribution >= 0.6 is 0 Å². The molecule has 1 heterocycles. The number of rotatable bonds is 5. The summed E-state index contributed by atoms with van der Waals surface area (Å²) < 4.78 is 34.4. The zero-order chi connectivity index (χ0) is 23.7. The Labute approximate surface area is 189 Å². The molecule has 0 atom stereocenters. The van der Waals surface area contributed by atoms with Gasteiger partial charge in [0.1, 0.15) is 5.82 Å². The standard InChI is InChI=1S/C22H31N5O4S/c1-5-24-21(28)27(16-12-10-15(11-13-16)22(2,3)4)20-17(32(29,30)31)18(23)25-19(26-20)14-8-6-7-9-14/h10-14H,5-9H2,1-4H3,(H,24,28)(H2,23,25,26)(H,29,30,31). The predicted octanol–water partition coefficient (Wildman–Crippen LogP) is 4.13. The van der Waals surface area contributed by atoms with Crippen molar-refractivity contribution in [3.8, 4) is 0 Å². The first kappa shape index (κ1) is 23.9. The summed E-state index contributed by atoms with van der Waals surface area (Å²) in [5, 5.41) is 2.68. The minimum Gasteiger partial charge on any atom is -0.382 e. The zero-order valence-corrected chi connectivity index (χ0v) is 19.7. The lowest BCUT2D eigenvalue weighted by Crippen LogP contribution is -2.38. The summed E-state index contributed by atoms with van der Waals surface area (Å²) in [6.45, 7) is 8.27. The van der Waals surface area contributed by atoms with Gasteiger partial charge in [0.25, 0.3) is 0 Å². The van der Waals surface area contributed by atoms with Gasteiger partial charge in [-0.25, -0.2) is 19.7 Å². The van der Waals surface area contributed by atoms with E-state index in [-0.39, 0.29) is 23.0 Å². The first-order valence-corrected chi connectivity index (χ1v) is 12.2. The molecule has 1 aromatic carbocycles. The number of nitrogens with two attached hydrogens (primary N) is 1. The van der Waals surface area contributed by atoms with Gasteiger partial charge in [-0.1, -0.05) is 45.7 Å². The fourth-order valence-corrected chi connectivity index (χ4v) is 4.59. The van der Waals surface area contributed by atoms with Crippen molar-refractivity contribution >= 4 is 33.5 Å². The molecule has 0 spiro atoms. The van der Waals surface area contributed by atoms with Gasteiger partial charge in [-0.2, -0.15) is 8.42 Å². The van der Waals surface area contributed by atoms with Crippen molar-refractivity contribution in [2.45, 2.75) is 69.6 Å². The van der Waals surface area contributed by atoms with E-state index in [0.717, 1.165) is 36.1 Å². The lowest BCUT2D eigenvalue weighted by Gasteiger charge is -2.26. The third kappa shape index (κ3) is 5.02. The Bertz CT molecular complexity index is 1090. The van der Waals surface area contributed by atoms with Crippen LogP contribution in [-0.4, -0.2) is 35.5 Å². The number of carbonyl (C=O) groups is 1. The Morgan fingerprint density at radius 3 is 2.28 bits per heavy atom. The molecule has 1 aliphatic carbocycles. The van der Waals surface area contributed by atoms with E-state index in [0.29, 0.717) is 18.1 Å². The van der Waals surface area contributed by atoms with Crippen LogP contribution in [0.5, 0.6) is 0 Å². The zero-order valence-electron chi connectivity index (χ0n) is 18.9. The molecule has 0 bridgehead atoms. The van der Waals surface area contributed by atoms with Crippen molar-refractivity contribution < 1.29 is 17.8 Å². The van der Waals surface area contributed by atoms with Crippen LogP contribution in [0.4, 0.5) is 22.1 Å². The van der Waals surface area contributed by atoms with Crippen molar-refractivity contribution in [1.82, 2.24) is 15.3 Å². The average molecular weight is 462 g/mol. The van der Waals surface area contributed by atoms with Crippen molar-refractivity contribution in [2.24, 2.45) is 0 Å². The quantitative estimate of drug-likeness (QED) is 0.569. The fraction of sp³-hybridized carbons (Fsp3) is 0.500. The van der Waals surface area contributed by atoms with E-state index in [1.54, 1.807) is 19.1 Å². The molecule has 1 aliphatic rings. The van der Waals surface area contributed by atoms with Crippen LogP contribution in [0.2, 0.25) is 0 Å². The van der Waals surface area contributed by atoms with Crippen molar-refractivity contribution in [3.05, 3.63) is 35.7 Å². The van der Waals surface area contributed by atoms with Crippen LogP contribution < -0.4 is 16.0 Å². The van der Waals surface area contributed by atoms with Crippen LogP contribution in [0.15, 0.2) is 29.2 Å². The molecular formula is C22H31N5O4S. The maximum Gasteiger partial charge on any atom is 0.327 e. The molecule has 4 N–H and O–H groups in total. The van der Waals surface area contributed by atoms with E-state index in [4.69, 9.17) is 5.73 Å². The van der Waals surface area contributed by atoms with E-state index < -0.39 is 21.0 Å². The van der Waals surface area contributed by atoms with E-state index in [2.05, 4.69) is 36.1 Å². The lowest BCUT2D eigenvalue weighted by atomic mass is 9.87. The summed E-state index contributed by atoms with van der Waals surface area (Å²) in [6, 6.07) is 6.60. The highest BCUT2D eigenvalue weighted by atomic mass is 32.2. The minimum absolute atomic E-state index is 0.0193. The fourth-order valence-electron chi connectivity index (χ4n) is 3.92. The van der Waals surface area contributed by atoms with Crippen molar-refractivity contribution in [3.63, 3.8) is 0 Å². The highest BCUT2D eigenvalue weighted by Crippen LogP contribution is 2.38. The van der Waals surface area contributed by atoms with Gasteiger partial charge in [-0.15, -0.1) is 0 Å². The average Bonchev–Trinajstić information content (AvgIpc) is 3.21. The van der Waals surface area contributed by atoms with Crippen LogP contribution in [0, 0.1) is 0 Å². The molecule has 32 heavy (non-hydrogen) atoms. The van der Waals surface area contributed by atoms with Crippen LogP contribution in [0.3, 0.4) is 0 Å². The number of urea groups is 1. The first-order chi connectivity index (χ1) is 14.9.